The first-order valence-electron chi connectivity index (χ1n) is 4.80. The Morgan fingerprint density at radius 2 is 2.12 bits per heavy atom. The van der Waals surface area contributed by atoms with Crippen LogP contribution in [0.3, 0.4) is 0 Å². The zero-order chi connectivity index (χ0) is 13.0. The summed E-state index contributed by atoms with van der Waals surface area (Å²) in [5.74, 6) is -0.932. The number of esters is 1. The Hall–Kier alpha value is -1.07. The zero-order valence-corrected chi connectivity index (χ0v) is 11.6. The van der Waals surface area contributed by atoms with Crippen molar-refractivity contribution in [3.8, 4) is 0 Å². The number of amides is 1. The van der Waals surface area contributed by atoms with Gasteiger partial charge in [-0.3, -0.25) is 4.79 Å². The third-order valence-electron chi connectivity index (χ3n) is 2.10. The van der Waals surface area contributed by atoms with E-state index < -0.39 is 17.9 Å². The standard InChI is InChI=1S/C11H11BrClNO3/c1-6(11(16)17-2)14-10(15)7-4-3-5-8(12)9(7)13/h3-6H,1-2H3,(H,14,15)/t6-/m0/s1. The summed E-state index contributed by atoms with van der Waals surface area (Å²) in [7, 11) is 1.26. The van der Waals surface area contributed by atoms with Crippen molar-refractivity contribution in [1.82, 2.24) is 5.32 Å². The first-order valence-corrected chi connectivity index (χ1v) is 5.97. The molecule has 0 fully saturated rings. The first kappa shape index (κ1) is 14.0. The summed E-state index contributed by atoms with van der Waals surface area (Å²) in [4.78, 5) is 23.0. The molecule has 0 aliphatic heterocycles. The molecule has 0 spiro atoms. The smallest absolute Gasteiger partial charge is 0.328 e. The van der Waals surface area contributed by atoms with Crippen molar-refractivity contribution in [1.29, 1.82) is 0 Å². The lowest BCUT2D eigenvalue weighted by Gasteiger charge is -2.12. The number of methoxy groups -OCH3 is 1. The van der Waals surface area contributed by atoms with Gasteiger partial charge in [0.1, 0.15) is 6.04 Å². The van der Waals surface area contributed by atoms with E-state index in [-0.39, 0.29) is 0 Å². The second kappa shape index (κ2) is 6.02. The van der Waals surface area contributed by atoms with Crippen molar-refractivity contribution >= 4 is 39.4 Å². The second-order valence-corrected chi connectivity index (χ2v) is 4.55. The molecule has 0 aliphatic carbocycles. The highest BCUT2D eigenvalue weighted by Crippen LogP contribution is 2.25. The fourth-order valence-electron chi connectivity index (χ4n) is 1.19. The summed E-state index contributed by atoms with van der Waals surface area (Å²) in [5.41, 5.74) is 0.303. The third-order valence-corrected chi connectivity index (χ3v) is 3.39. The van der Waals surface area contributed by atoms with Gasteiger partial charge in [0.2, 0.25) is 0 Å². The molecule has 6 heteroatoms. The van der Waals surface area contributed by atoms with E-state index in [1.165, 1.54) is 14.0 Å². The summed E-state index contributed by atoms with van der Waals surface area (Å²) >= 11 is 9.18. The number of benzene rings is 1. The zero-order valence-electron chi connectivity index (χ0n) is 9.29. The van der Waals surface area contributed by atoms with Crippen molar-refractivity contribution in [3.63, 3.8) is 0 Å². The lowest BCUT2D eigenvalue weighted by molar-refractivity contribution is -0.142. The van der Waals surface area contributed by atoms with Crippen LogP contribution in [0.2, 0.25) is 5.02 Å². The molecule has 0 saturated carbocycles. The van der Waals surface area contributed by atoms with E-state index >= 15 is 0 Å². The van der Waals surface area contributed by atoms with Crippen LogP contribution in [0.25, 0.3) is 0 Å². The summed E-state index contributed by atoms with van der Waals surface area (Å²) in [6.07, 6.45) is 0. The van der Waals surface area contributed by atoms with E-state index in [2.05, 4.69) is 26.0 Å². The quantitative estimate of drug-likeness (QED) is 0.870. The molecule has 0 heterocycles. The summed E-state index contributed by atoms with van der Waals surface area (Å²) in [5, 5.41) is 2.80. The van der Waals surface area contributed by atoms with Crippen molar-refractivity contribution in [2.45, 2.75) is 13.0 Å². The predicted octanol–water partition coefficient (Wildman–Crippen LogP) is 2.39. The molecular formula is C11H11BrClNO3. The molecule has 0 saturated heterocycles. The molecule has 1 N–H and O–H groups in total. The van der Waals surface area contributed by atoms with Crippen LogP contribution in [0.5, 0.6) is 0 Å². The Morgan fingerprint density at radius 3 is 2.71 bits per heavy atom. The van der Waals surface area contributed by atoms with Gasteiger partial charge >= 0.3 is 5.97 Å². The average molecular weight is 321 g/mol. The summed E-state index contributed by atoms with van der Waals surface area (Å²) < 4.78 is 5.13. The van der Waals surface area contributed by atoms with Crippen LogP contribution >= 0.6 is 27.5 Å². The largest absolute Gasteiger partial charge is 0.467 e. The van der Waals surface area contributed by atoms with Crippen LogP contribution in [0.15, 0.2) is 22.7 Å². The number of hydrogen-bond acceptors (Lipinski definition) is 3. The van der Waals surface area contributed by atoms with Gasteiger partial charge in [-0.1, -0.05) is 17.7 Å². The number of carbonyl (C=O) groups is 2. The topological polar surface area (TPSA) is 55.4 Å². The lowest BCUT2D eigenvalue weighted by Crippen LogP contribution is -2.39. The maximum absolute atomic E-state index is 11.8. The minimum absolute atomic E-state index is 0.303. The third kappa shape index (κ3) is 3.44. The Bertz CT molecular complexity index is 450. The van der Waals surface area contributed by atoms with Gasteiger partial charge in [-0.25, -0.2) is 4.79 Å². The highest BCUT2D eigenvalue weighted by Gasteiger charge is 2.19. The molecule has 0 radical (unpaired) electrons. The van der Waals surface area contributed by atoms with Crippen molar-refractivity contribution in [2.24, 2.45) is 0 Å². The van der Waals surface area contributed by atoms with Gasteiger partial charge in [-0.15, -0.1) is 0 Å². The van der Waals surface area contributed by atoms with E-state index in [1.54, 1.807) is 18.2 Å². The van der Waals surface area contributed by atoms with Gasteiger partial charge in [0.25, 0.3) is 5.91 Å². The molecule has 0 bridgehead atoms. The Kier molecular flexibility index (Phi) is 4.96. The van der Waals surface area contributed by atoms with Gasteiger partial charge < -0.3 is 10.1 Å². The van der Waals surface area contributed by atoms with E-state index in [0.717, 1.165) is 0 Å². The molecule has 0 unspecified atom stereocenters. The fraction of sp³-hybridized carbons (Fsp3) is 0.273. The maximum atomic E-state index is 11.8. The molecule has 0 aromatic heterocycles. The minimum atomic E-state index is -0.720. The van der Waals surface area contributed by atoms with Crippen LogP contribution in [0.1, 0.15) is 17.3 Å². The Balaban J connectivity index is 2.84. The number of nitrogens with one attached hydrogen (secondary N) is 1. The molecule has 1 rings (SSSR count). The Morgan fingerprint density at radius 1 is 1.47 bits per heavy atom. The van der Waals surface area contributed by atoms with E-state index in [0.29, 0.717) is 15.1 Å². The van der Waals surface area contributed by atoms with Crippen LogP contribution in [-0.2, 0) is 9.53 Å². The van der Waals surface area contributed by atoms with Crippen LogP contribution in [-0.4, -0.2) is 25.0 Å². The number of rotatable bonds is 3. The molecule has 4 nitrogen and oxygen atoms in total. The van der Waals surface area contributed by atoms with Gasteiger partial charge in [0.15, 0.2) is 0 Å². The van der Waals surface area contributed by atoms with Crippen molar-refractivity contribution in [2.75, 3.05) is 7.11 Å². The number of hydrogen-bond donors (Lipinski definition) is 1. The van der Waals surface area contributed by atoms with Crippen LogP contribution < -0.4 is 5.32 Å². The minimum Gasteiger partial charge on any atom is -0.467 e. The number of halogens is 2. The van der Waals surface area contributed by atoms with Crippen LogP contribution in [0.4, 0.5) is 0 Å². The normalized spacial score (nSPS) is 11.8. The van der Waals surface area contributed by atoms with E-state index in [9.17, 15) is 9.59 Å². The molecular weight excluding hydrogens is 309 g/mol. The van der Waals surface area contributed by atoms with E-state index in [4.69, 9.17) is 11.6 Å². The lowest BCUT2D eigenvalue weighted by atomic mass is 10.2. The van der Waals surface area contributed by atoms with Gasteiger partial charge in [-0.2, -0.15) is 0 Å². The molecule has 92 valence electrons. The monoisotopic (exact) mass is 319 g/mol. The highest BCUT2D eigenvalue weighted by molar-refractivity contribution is 9.10. The SMILES string of the molecule is COC(=O)[C@H](C)NC(=O)c1cccc(Br)c1Cl. The maximum Gasteiger partial charge on any atom is 0.328 e. The number of carbonyl (C=O) groups excluding carboxylic acids is 2. The fourth-order valence-corrected chi connectivity index (χ4v) is 1.77. The summed E-state index contributed by atoms with van der Waals surface area (Å²) in [6.45, 7) is 1.54. The summed E-state index contributed by atoms with van der Waals surface area (Å²) in [6, 6.07) is 4.27. The molecule has 0 aliphatic rings. The van der Waals surface area contributed by atoms with Gasteiger partial charge in [0.05, 0.1) is 17.7 Å². The van der Waals surface area contributed by atoms with Gasteiger partial charge in [-0.05, 0) is 35.0 Å². The molecule has 1 amide bonds. The Labute approximate surface area is 112 Å². The molecule has 1 aromatic rings. The average Bonchev–Trinajstić information content (AvgIpc) is 2.31. The van der Waals surface area contributed by atoms with Crippen molar-refractivity contribution < 1.29 is 14.3 Å². The molecule has 17 heavy (non-hydrogen) atoms. The predicted molar refractivity (Wildman–Crippen MR) is 68.1 cm³/mol. The first-order chi connectivity index (χ1) is 7.97. The van der Waals surface area contributed by atoms with Gasteiger partial charge in [0, 0.05) is 4.47 Å². The van der Waals surface area contributed by atoms with Crippen LogP contribution in [0, 0.1) is 0 Å². The van der Waals surface area contributed by atoms with Crippen molar-refractivity contribution in [3.05, 3.63) is 33.3 Å². The second-order valence-electron chi connectivity index (χ2n) is 3.32. The molecule has 1 atom stereocenters. The van der Waals surface area contributed by atoms with E-state index in [1.807, 2.05) is 0 Å². The number of ether oxygens (including phenoxy) is 1. The highest BCUT2D eigenvalue weighted by atomic mass is 79.9. The molecule has 1 aromatic carbocycles.